The number of hydrogen-bond acceptors (Lipinski definition) is 3. The van der Waals surface area contributed by atoms with Gasteiger partial charge in [-0.05, 0) is 55.5 Å². The lowest BCUT2D eigenvalue weighted by Gasteiger charge is -2.36. The SMILES string of the molecule is CNC(C)(C)CC(C)(C)OC(=O)C(C)(C)C. The zero-order valence-corrected chi connectivity index (χ0v) is 12.0. The van der Waals surface area contributed by atoms with Crippen molar-refractivity contribution in [3.63, 3.8) is 0 Å². The second kappa shape index (κ2) is 4.74. The molecule has 0 amide bonds. The number of rotatable bonds is 4. The zero-order valence-electron chi connectivity index (χ0n) is 12.0. The van der Waals surface area contributed by atoms with Crippen LogP contribution in [0.2, 0.25) is 0 Å². The van der Waals surface area contributed by atoms with Gasteiger partial charge in [0.15, 0.2) is 0 Å². The van der Waals surface area contributed by atoms with Crippen molar-refractivity contribution in [2.75, 3.05) is 7.05 Å². The molecule has 0 rings (SSSR count). The first-order valence-electron chi connectivity index (χ1n) is 5.82. The van der Waals surface area contributed by atoms with Crippen LogP contribution >= 0.6 is 0 Å². The summed E-state index contributed by atoms with van der Waals surface area (Å²) in [7, 11) is 1.92. The third-order valence-electron chi connectivity index (χ3n) is 2.53. The van der Waals surface area contributed by atoms with Crippen LogP contribution in [-0.2, 0) is 9.53 Å². The van der Waals surface area contributed by atoms with Gasteiger partial charge >= 0.3 is 5.97 Å². The van der Waals surface area contributed by atoms with Gasteiger partial charge in [0.1, 0.15) is 5.60 Å². The Labute approximate surface area is 99.9 Å². The van der Waals surface area contributed by atoms with Crippen LogP contribution in [0.1, 0.15) is 54.9 Å². The maximum absolute atomic E-state index is 11.8. The molecule has 0 bridgehead atoms. The third-order valence-corrected chi connectivity index (χ3v) is 2.53. The molecule has 0 atom stereocenters. The van der Waals surface area contributed by atoms with E-state index in [1.807, 2.05) is 41.7 Å². The largest absolute Gasteiger partial charge is 0.459 e. The zero-order chi connectivity index (χ0) is 13.2. The van der Waals surface area contributed by atoms with Crippen LogP contribution in [0.25, 0.3) is 0 Å². The molecule has 0 aliphatic carbocycles. The predicted molar refractivity (Wildman–Crippen MR) is 67.4 cm³/mol. The molecule has 0 unspecified atom stereocenters. The fraction of sp³-hybridized carbons (Fsp3) is 0.923. The average Bonchev–Trinajstić information content (AvgIpc) is 1.99. The standard InChI is InChI=1S/C13H27NO2/c1-11(2,3)10(15)16-13(6,7)9-12(4,5)14-8/h14H,9H2,1-8H3. The van der Waals surface area contributed by atoms with Crippen LogP contribution < -0.4 is 5.32 Å². The molecule has 0 aromatic rings. The van der Waals surface area contributed by atoms with E-state index in [2.05, 4.69) is 19.2 Å². The number of hydrogen-bond donors (Lipinski definition) is 1. The molecule has 3 heteroatoms. The van der Waals surface area contributed by atoms with Crippen molar-refractivity contribution in [2.45, 2.75) is 66.0 Å². The molecule has 0 fully saturated rings. The summed E-state index contributed by atoms with van der Waals surface area (Å²) in [6.07, 6.45) is 0.776. The third kappa shape index (κ3) is 5.50. The van der Waals surface area contributed by atoms with Crippen LogP contribution in [0.15, 0.2) is 0 Å². The Morgan fingerprint density at radius 1 is 1.06 bits per heavy atom. The van der Waals surface area contributed by atoms with E-state index < -0.39 is 11.0 Å². The van der Waals surface area contributed by atoms with Gasteiger partial charge in [0.05, 0.1) is 5.41 Å². The monoisotopic (exact) mass is 229 g/mol. The number of esters is 1. The molecule has 0 aliphatic rings. The van der Waals surface area contributed by atoms with Crippen molar-refractivity contribution in [3.8, 4) is 0 Å². The Kier molecular flexibility index (Phi) is 4.57. The van der Waals surface area contributed by atoms with Crippen LogP contribution in [0, 0.1) is 5.41 Å². The molecule has 0 spiro atoms. The van der Waals surface area contributed by atoms with Gasteiger partial charge in [-0.3, -0.25) is 4.79 Å². The summed E-state index contributed by atoms with van der Waals surface area (Å²) < 4.78 is 5.56. The number of nitrogens with one attached hydrogen (secondary N) is 1. The highest BCUT2D eigenvalue weighted by molar-refractivity contribution is 5.75. The first-order valence-corrected chi connectivity index (χ1v) is 5.82. The van der Waals surface area contributed by atoms with Crippen LogP contribution in [0.3, 0.4) is 0 Å². The molecule has 1 N–H and O–H groups in total. The predicted octanol–water partition coefficient (Wildman–Crippen LogP) is 2.74. The highest BCUT2D eigenvalue weighted by Gasteiger charge is 2.34. The fourth-order valence-corrected chi connectivity index (χ4v) is 1.59. The molecule has 96 valence electrons. The van der Waals surface area contributed by atoms with Gasteiger partial charge in [-0.15, -0.1) is 0 Å². The Morgan fingerprint density at radius 3 is 1.81 bits per heavy atom. The highest BCUT2D eigenvalue weighted by Crippen LogP contribution is 2.27. The minimum Gasteiger partial charge on any atom is -0.459 e. The Bertz CT molecular complexity index is 249. The van der Waals surface area contributed by atoms with Gasteiger partial charge in [0, 0.05) is 12.0 Å². The number of carbonyl (C=O) groups is 1. The number of ether oxygens (including phenoxy) is 1. The van der Waals surface area contributed by atoms with E-state index in [9.17, 15) is 4.79 Å². The molecule has 0 saturated carbocycles. The number of carbonyl (C=O) groups excluding carboxylic acids is 1. The van der Waals surface area contributed by atoms with Crippen LogP contribution in [0.5, 0.6) is 0 Å². The molecular weight excluding hydrogens is 202 g/mol. The van der Waals surface area contributed by atoms with E-state index in [0.717, 1.165) is 6.42 Å². The lowest BCUT2D eigenvalue weighted by Crippen LogP contribution is -2.45. The topological polar surface area (TPSA) is 38.3 Å². The van der Waals surface area contributed by atoms with Gasteiger partial charge in [-0.1, -0.05) is 0 Å². The van der Waals surface area contributed by atoms with Gasteiger partial charge in [-0.2, -0.15) is 0 Å². The molecular formula is C13H27NO2. The second-order valence-corrected chi connectivity index (χ2v) is 6.71. The van der Waals surface area contributed by atoms with Crippen molar-refractivity contribution in [1.29, 1.82) is 0 Å². The molecule has 0 saturated heterocycles. The summed E-state index contributed by atoms with van der Waals surface area (Å²) in [5.41, 5.74) is -0.931. The van der Waals surface area contributed by atoms with Crippen molar-refractivity contribution in [2.24, 2.45) is 5.41 Å². The molecule has 0 aliphatic heterocycles. The van der Waals surface area contributed by atoms with Crippen molar-refractivity contribution < 1.29 is 9.53 Å². The van der Waals surface area contributed by atoms with E-state index in [1.54, 1.807) is 0 Å². The first kappa shape index (κ1) is 15.4. The Morgan fingerprint density at radius 2 is 1.50 bits per heavy atom. The van der Waals surface area contributed by atoms with E-state index in [4.69, 9.17) is 4.74 Å². The van der Waals surface area contributed by atoms with Gasteiger partial charge < -0.3 is 10.1 Å². The molecule has 16 heavy (non-hydrogen) atoms. The second-order valence-electron chi connectivity index (χ2n) is 6.71. The molecule has 3 nitrogen and oxygen atoms in total. The lowest BCUT2D eigenvalue weighted by molar-refractivity contribution is -0.168. The summed E-state index contributed by atoms with van der Waals surface area (Å²) in [6.45, 7) is 13.7. The van der Waals surface area contributed by atoms with E-state index in [0.29, 0.717) is 0 Å². The summed E-state index contributed by atoms with van der Waals surface area (Å²) >= 11 is 0. The lowest BCUT2D eigenvalue weighted by atomic mass is 9.89. The summed E-state index contributed by atoms with van der Waals surface area (Å²) in [5, 5.41) is 3.22. The molecule has 0 aromatic heterocycles. The van der Waals surface area contributed by atoms with Crippen molar-refractivity contribution in [1.82, 2.24) is 5.32 Å². The quantitative estimate of drug-likeness (QED) is 0.753. The minimum absolute atomic E-state index is 0.0400. The smallest absolute Gasteiger partial charge is 0.311 e. The molecule has 0 heterocycles. The van der Waals surface area contributed by atoms with Crippen molar-refractivity contribution >= 4 is 5.97 Å². The highest BCUT2D eigenvalue weighted by atomic mass is 16.6. The van der Waals surface area contributed by atoms with E-state index in [-0.39, 0.29) is 11.5 Å². The van der Waals surface area contributed by atoms with Gasteiger partial charge in [-0.25, -0.2) is 0 Å². The molecule has 0 radical (unpaired) electrons. The van der Waals surface area contributed by atoms with Gasteiger partial charge in [0.2, 0.25) is 0 Å². The average molecular weight is 229 g/mol. The van der Waals surface area contributed by atoms with E-state index in [1.165, 1.54) is 0 Å². The summed E-state index contributed by atoms with van der Waals surface area (Å²) in [4.78, 5) is 11.8. The Balaban J connectivity index is 4.53. The maximum Gasteiger partial charge on any atom is 0.311 e. The van der Waals surface area contributed by atoms with Crippen LogP contribution in [-0.4, -0.2) is 24.2 Å². The maximum atomic E-state index is 11.8. The normalized spacial score (nSPS) is 13.8. The fourth-order valence-electron chi connectivity index (χ4n) is 1.59. The minimum atomic E-state index is -0.448. The van der Waals surface area contributed by atoms with Crippen LogP contribution in [0.4, 0.5) is 0 Å². The summed E-state index contributed by atoms with van der Waals surface area (Å²) in [6, 6.07) is 0. The Hall–Kier alpha value is -0.570. The van der Waals surface area contributed by atoms with E-state index >= 15 is 0 Å². The first-order chi connectivity index (χ1) is 6.90. The summed E-state index contributed by atoms with van der Waals surface area (Å²) in [5.74, 6) is -0.149. The molecule has 0 aromatic carbocycles. The van der Waals surface area contributed by atoms with Gasteiger partial charge in [0.25, 0.3) is 0 Å². The van der Waals surface area contributed by atoms with Crippen molar-refractivity contribution in [3.05, 3.63) is 0 Å².